The van der Waals surface area contributed by atoms with Crippen LogP contribution >= 0.6 is 0 Å². The second-order valence-corrected chi connectivity index (χ2v) is 6.63. The zero-order valence-electron chi connectivity index (χ0n) is 11.9. The molecule has 4 heteroatoms. The van der Waals surface area contributed by atoms with Gasteiger partial charge in [-0.15, -0.1) is 0 Å². The largest absolute Gasteiger partial charge is 0.508 e. The number of benzene rings is 1. The Balaban J connectivity index is 1.95. The van der Waals surface area contributed by atoms with Gasteiger partial charge in [0.1, 0.15) is 11.5 Å². The molecular weight excluding hydrogens is 254 g/mol. The summed E-state index contributed by atoms with van der Waals surface area (Å²) < 4.78 is 0. The Morgan fingerprint density at radius 2 is 2.05 bits per heavy atom. The molecule has 3 rings (SSSR count). The van der Waals surface area contributed by atoms with Gasteiger partial charge in [0, 0.05) is 17.8 Å². The van der Waals surface area contributed by atoms with Crippen molar-refractivity contribution in [3.63, 3.8) is 0 Å². The number of hydrogen-bond acceptors (Lipinski definition) is 4. The molecule has 1 aromatic rings. The molecular formula is C16H21NO3. The zero-order valence-corrected chi connectivity index (χ0v) is 11.9. The van der Waals surface area contributed by atoms with Crippen LogP contribution in [0.1, 0.15) is 38.7 Å². The van der Waals surface area contributed by atoms with E-state index < -0.39 is 11.6 Å². The third-order valence-electron chi connectivity index (χ3n) is 5.52. The van der Waals surface area contributed by atoms with Crippen LogP contribution in [0.25, 0.3) is 0 Å². The summed E-state index contributed by atoms with van der Waals surface area (Å²) in [5.74, 6) is 0.549. The van der Waals surface area contributed by atoms with Gasteiger partial charge in [0.25, 0.3) is 0 Å². The van der Waals surface area contributed by atoms with Crippen molar-refractivity contribution in [3.8, 4) is 11.5 Å². The van der Waals surface area contributed by atoms with Crippen LogP contribution in [0.4, 0.5) is 0 Å². The Morgan fingerprint density at radius 3 is 2.60 bits per heavy atom. The topological polar surface area (TPSA) is 73.1 Å². The highest BCUT2D eigenvalue weighted by Crippen LogP contribution is 2.62. The van der Waals surface area contributed by atoms with E-state index in [0.29, 0.717) is 11.5 Å². The third kappa shape index (κ3) is 1.67. The quantitative estimate of drug-likeness (QED) is 0.726. The minimum Gasteiger partial charge on any atom is -0.508 e. The van der Waals surface area contributed by atoms with Gasteiger partial charge in [-0.25, -0.2) is 0 Å². The van der Waals surface area contributed by atoms with Crippen LogP contribution in [0.2, 0.25) is 0 Å². The maximum absolute atomic E-state index is 10.4. The van der Waals surface area contributed by atoms with E-state index in [-0.39, 0.29) is 16.9 Å². The molecule has 2 saturated carbocycles. The van der Waals surface area contributed by atoms with Crippen molar-refractivity contribution in [2.24, 2.45) is 16.3 Å². The number of hydrogen-bond donors (Lipinski definition) is 3. The maximum Gasteiger partial charge on any atom is 0.128 e. The minimum absolute atomic E-state index is 0.00462. The van der Waals surface area contributed by atoms with Gasteiger partial charge in [-0.2, -0.15) is 0 Å². The molecule has 1 aromatic carbocycles. The molecule has 20 heavy (non-hydrogen) atoms. The number of aliphatic hydroxyl groups excluding tert-OH is 1. The molecule has 3 N–H and O–H groups in total. The number of fused-ring (bicyclic) bond motifs is 2. The van der Waals surface area contributed by atoms with Gasteiger partial charge in [0.2, 0.25) is 0 Å². The molecule has 2 aliphatic carbocycles. The van der Waals surface area contributed by atoms with Crippen LogP contribution in [-0.2, 0) is 0 Å². The predicted octanol–water partition coefficient (Wildman–Crippen LogP) is 2.46. The standard InChI is InChI=1S/C16H21NO3/c1-15(2)11-5-6-16(15,14(20)7-11)17-9-10-3-4-12(18)8-13(10)19/h3-4,8-9,11,14,18-20H,5-7H2,1-2H3/t11-,14-,16+/m1/s1. The Hall–Kier alpha value is -1.55. The predicted molar refractivity (Wildman–Crippen MR) is 77.2 cm³/mol. The van der Waals surface area contributed by atoms with Gasteiger partial charge >= 0.3 is 0 Å². The molecule has 2 bridgehead atoms. The molecule has 0 heterocycles. The molecule has 0 aromatic heterocycles. The number of aliphatic imine (C=N–C) groups is 1. The molecule has 0 spiro atoms. The van der Waals surface area contributed by atoms with Gasteiger partial charge in [-0.05, 0) is 42.7 Å². The Morgan fingerprint density at radius 1 is 1.30 bits per heavy atom. The summed E-state index contributed by atoms with van der Waals surface area (Å²) in [7, 11) is 0. The summed E-state index contributed by atoms with van der Waals surface area (Å²) >= 11 is 0. The lowest BCUT2D eigenvalue weighted by atomic mass is 9.76. The van der Waals surface area contributed by atoms with E-state index in [1.807, 2.05) is 0 Å². The van der Waals surface area contributed by atoms with E-state index in [1.54, 1.807) is 12.3 Å². The fourth-order valence-corrected chi connectivity index (χ4v) is 4.05. The second kappa shape index (κ2) is 4.22. The molecule has 0 amide bonds. The lowest BCUT2D eigenvalue weighted by Crippen LogP contribution is -2.44. The SMILES string of the molecule is CC1(C)[C@@H]2CC[C@]1(N=Cc1ccc(O)cc1O)[C@H](O)C2. The number of aromatic hydroxyl groups is 2. The Kier molecular flexibility index (Phi) is 2.83. The van der Waals surface area contributed by atoms with Gasteiger partial charge < -0.3 is 15.3 Å². The van der Waals surface area contributed by atoms with Crippen LogP contribution in [0.15, 0.2) is 23.2 Å². The summed E-state index contributed by atoms with van der Waals surface area (Å²) in [6.45, 7) is 4.35. The molecule has 0 radical (unpaired) electrons. The second-order valence-electron chi connectivity index (χ2n) is 6.63. The maximum atomic E-state index is 10.4. The van der Waals surface area contributed by atoms with Crippen LogP contribution in [-0.4, -0.2) is 33.2 Å². The number of nitrogens with zero attached hydrogens (tertiary/aromatic N) is 1. The Labute approximate surface area is 118 Å². The minimum atomic E-state index is -0.442. The van der Waals surface area contributed by atoms with Gasteiger partial charge in [-0.1, -0.05) is 13.8 Å². The highest BCUT2D eigenvalue weighted by Gasteiger charge is 2.64. The highest BCUT2D eigenvalue weighted by molar-refractivity contribution is 5.84. The first-order valence-corrected chi connectivity index (χ1v) is 7.12. The lowest BCUT2D eigenvalue weighted by molar-refractivity contribution is 0.0692. The fraction of sp³-hybridized carbons (Fsp3) is 0.562. The van der Waals surface area contributed by atoms with Crippen molar-refractivity contribution in [1.82, 2.24) is 0 Å². The van der Waals surface area contributed by atoms with Crippen molar-refractivity contribution in [1.29, 1.82) is 0 Å². The summed E-state index contributed by atoms with van der Waals surface area (Å²) in [5.41, 5.74) is 0.104. The number of phenols is 2. The first-order valence-electron chi connectivity index (χ1n) is 7.12. The molecule has 2 fully saturated rings. The lowest BCUT2D eigenvalue weighted by Gasteiger charge is -2.36. The fourth-order valence-electron chi connectivity index (χ4n) is 4.05. The van der Waals surface area contributed by atoms with Crippen molar-refractivity contribution < 1.29 is 15.3 Å². The van der Waals surface area contributed by atoms with Crippen LogP contribution in [0.5, 0.6) is 11.5 Å². The monoisotopic (exact) mass is 275 g/mol. The van der Waals surface area contributed by atoms with Crippen molar-refractivity contribution in [3.05, 3.63) is 23.8 Å². The number of phenolic OH excluding ortho intramolecular Hbond substituents is 2. The summed E-state index contributed by atoms with van der Waals surface area (Å²) in [6.07, 6.45) is 4.02. The van der Waals surface area contributed by atoms with E-state index in [4.69, 9.17) is 4.99 Å². The summed E-state index contributed by atoms with van der Waals surface area (Å²) in [5, 5.41) is 29.5. The molecule has 3 atom stereocenters. The van der Waals surface area contributed by atoms with E-state index >= 15 is 0 Å². The zero-order chi connectivity index (χ0) is 14.5. The van der Waals surface area contributed by atoms with Crippen molar-refractivity contribution >= 4 is 6.21 Å². The average Bonchev–Trinajstić information content (AvgIpc) is 2.72. The normalized spacial score (nSPS) is 35.0. The van der Waals surface area contributed by atoms with Crippen LogP contribution in [0.3, 0.4) is 0 Å². The third-order valence-corrected chi connectivity index (χ3v) is 5.52. The first-order chi connectivity index (χ1) is 9.37. The molecule has 4 nitrogen and oxygen atoms in total. The van der Waals surface area contributed by atoms with E-state index in [1.165, 1.54) is 12.1 Å². The molecule has 2 aliphatic rings. The van der Waals surface area contributed by atoms with E-state index in [2.05, 4.69) is 13.8 Å². The van der Waals surface area contributed by atoms with Gasteiger partial charge in [-0.3, -0.25) is 4.99 Å². The van der Waals surface area contributed by atoms with Gasteiger partial charge in [0.15, 0.2) is 0 Å². The van der Waals surface area contributed by atoms with Crippen molar-refractivity contribution in [2.75, 3.05) is 0 Å². The molecule has 0 saturated heterocycles. The first kappa shape index (κ1) is 13.4. The molecule has 108 valence electrons. The Bertz CT molecular complexity index is 567. The van der Waals surface area contributed by atoms with Gasteiger partial charge in [0.05, 0.1) is 11.6 Å². The summed E-state index contributed by atoms with van der Waals surface area (Å²) in [6, 6.07) is 4.45. The number of aliphatic hydroxyl groups is 1. The number of rotatable bonds is 2. The molecule has 0 aliphatic heterocycles. The van der Waals surface area contributed by atoms with Crippen molar-refractivity contribution in [2.45, 2.75) is 44.8 Å². The highest BCUT2D eigenvalue weighted by atomic mass is 16.3. The summed E-state index contributed by atoms with van der Waals surface area (Å²) in [4.78, 5) is 4.69. The molecule has 0 unspecified atom stereocenters. The average molecular weight is 275 g/mol. The van der Waals surface area contributed by atoms with E-state index in [9.17, 15) is 15.3 Å². The van der Waals surface area contributed by atoms with E-state index in [0.717, 1.165) is 19.3 Å². The van der Waals surface area contributed by atoms with Crippen LogP contribution < -0.4 is 0 Å². The van der Waals surface area contributed by atoms with Crippen LogP contribution in [0, 0.1) is 11.3 Å². The smallest absolute Gasteiger partial charge is 0.128 e.